The van der Waals surface area contributed by atoms with Crippen molar-refractivity contribution < 1.29 is 8.83 Å². The number of hydrogen-bond acceptors (Lipinski definition) is 4. The fourth-order valence-corrected chi connectivity index (χ4v) is 8.19. The van der Waals surface area contributed by atoms with Gasteiger partial charge in [0.05, 0.1) is 22.4 Å². The normalized spacial score (nSPS) is 11.7. The Morgan fingerprint density at radius 2 is 0.796 bits per heavy atom. The standard InChI is InChI=1S/C50H32N2O2/c1-2-17-35(18-3-1)51(43-22-10-15-33-13-4-6-19-38(33)43)36-28-30-47-42(31-36)50-45(24-12-26-48(50)53-47)52(44-23-11-16-34-14-5-7-20-39(34)44)37-27-29-41-40-21-8-9-25-46(40)54-49(41)32-37/h1-32H. The van der Waals surface area contributed by atoms with Crippen LogP contribution in [0.3, 0.4) is 0 Å². The highest BCUT2D eigenvalue weighted by molar-refractivity contribution is 6.16. The predicted octanol–water partition coefficient (Wildman–Crippen LogP) is 14.7. The minimum Gasteiger partial charge on any atom is -0.456 e. The van der Waals surface area contributed by atoms with Crippen molar-refractivity contribution in [3.8, 4) is 0 Å². The number of rotatable bonds is 6. The maximum absolute atomic E-state index is 6.67. The monoisotopic (exact) mass is 692 g/mol. The number of benzene rings is 9. The first-order valence-corrected chi connectivity index (χ1v) is 18.3. The zero-order valence-electron chi connectivity index (χ0n) is 29.2. The van der Waals surface area contributed by atoms with E-state index in [4.69, 9.17) is 8.83 Å². The molecular formula is C50H32N2O2. The fourth-order valence-electron chi connectivity index (χ4n) is 8.19. The lowest BCUT2D eigenvalue weighted by atomic mass is 10.0. The average Bonchev–Trinajstić information content (AvgIpc) is 3.80. The number of nitrogens with zero attached hydrogens (tertiary/aromatic N) is 2. The summed E-state index contributed by atoms with van der Waals surface area (Å²) in [5.41, 5.74) is 9.71. The van der Waals surface area contributed by atoms with Crippen LogP contribution in [-0.4, -0.2) is 0 Å². The molecular weight excluding hydrogens is 661 g/mol. The van der Waals surface area contributed by atoms with Crippen LogP contribution < -0.4 is 9.80 Å². The van der Waals surface area contributed by atoms with Gasteiger partial charge in [-0.05, 0) is 83.6 Å². The van der Waals surface area contributed by atoms with Gasteiger partial charge in [0, 0.05) is 50.1 Å². The Balaban J connectivity index is 1.18. The van der Waals surface area contributed by atoms with Crippen molar-refractivity contribution in [2.45, 2.75) is 0 Å². The minimum atomic E-state index is 0.825. The molecule has 0 radical (unpaired) electrons. The molecule has 0 spiro atoms. The van der Waals surface area contributed by atoms with Gasteiger partial charge in [-0.3, -0.25) is 0 Å². The maximum Gasteiger partial charge on any atom is 0.137 e. The van der Waals surface area contributed by atoms with Crippen LogP contribution in [0, 0.1) is 0 Å². The van der Waals surface area contributed by atoms with Crippen molar-refractivity contribution in [1.29, 1.82) is 0 Å². The SMILES string of the molecule is c1ccc(N(c2ccc3oc4cccc(N(c5ccc6c(c5)oc5ccccc56)c5cccc6ccccc56)c4c3c2)c2cccc3ccccc23)cc1. The second kappa shape index (κ2) is 12.1. The first-order valence-electron chi connectivity index (χ1n) is 18.3. The van der Waals surface area contributed by atoms with Crippen molar-refractivity contribution in [3.63, 3.8) is 0 Å². The fraction of sp³-hybridized carbons (Fsp3) is 0. The van der Waals surface area contributed by atoms with Gasteiger partial charge in [-0.1, -0.05) is 115 Å². The van der Waals surface area contributed by atoms with Crippen molar-refractivity contribution >= 4 is 99.5 Å². The second-order valence-electron chi connectivity index (χ2n) is 13.7. The number of anilines is 6. The van der Waals surface area contributed by atoms with Crippen molar-refractivity contribution in [2.75, 3.05) is 9.80 Å². The molecule has 0 aliphatic rings. The largest absolute Gasteiger partial charge is 0.456 e. The molecule has 4 nitrogen and oxygen atoms in total. The lowest BCUT2D eigenvalue weighted by Crippen LogP contribution is -2.11. The summed E-state index contributed by atoms with van der Waals surface area (Å²) in [6.45, 7) is 0. The van der Waals surface area contributed by atoms with Crippen LogP contribution in [0.15, 0.2) is 203 Å². The third-order valence-corrected chi connectivity index (χ3v) is 10.6. The summed E-state index contributed by atoms with van der Waals surface area (Å²) in [6, 6.07) is 68.5. The quantitative estimate of drug-likeness (QED) is 0.174. The average molecular weight is 693 g/mol. The van der Waals surface area contributed by atoms with E-state index in [1.165, 1.54) is 16.2 Å². The third kappa shape index (κ3) is 4.78. The summed E-state index contributed by atoms with van der Waals surface area (Å²) in [7, 11) is 0. The molecule has 9 aromatic carbocycles. The number of furan rings is 2. The van der Waals surface area contributed by atoms with Gasteiger partial charge in [0.1, 0.15) is 22.3 Å². The van der Waals surface area contributed by atoms with Crippen LogP contribution in [0.5, 0.6) is 0 Å². The number of fused-ring (bicyclic) bond motifs is 8. The van der Waals surface area contributed by atoms with Gasteiger partial charge in [-0.15, -0.1) is 0 Å². The second-order valence-corrected chi connectivity index (χ2v) is 13.7. The third-order valence-electron chi connectivity index (χ3n) is 10.6. The van der Waals surface area contributed by atoms with Crippen LogP contribution in [0.25, 0.3) is 65.4 Å². The molecule has 11 aromatic rings. The number of hydrogen-bond donors (Lipinski definition) is 0. The van der Waals surface area contributed by atoms with Crippen molar-refractivity contribution in [2.24, 2.45) is 0 Å². The topological polar surface area (TPSA) is 32.8 Å². The van der Waals surface area contributed by atoms with E-state index in [0.717, 1.165) is 83.4 Å². The Bertz CT molecular complexity index is 3180. The first-order chi connectivity index (χ1) is 26.8. The van der Waals surface area contributed by atoms with Crippen LogP contribution >= 0.6 is 0 Å². The Morgan fingerprint density at radius 3 is 1.57 bits per heavy atom. The molecule has 0 saturated heterocycles. The Labute approximate surface area is 311 Å². The van der Waals surface area contributed by atoms with Gasteiger partial charge in [0.15, 0.2) is 0 Å². The molecule has 2 heterocycles. The van der Waals surface area contributed by atoms with Crippen LogP contribution in [0.4, 0.5) is 34.1 Å². The Morgan fingerprint density at radius 1 is 0.278 bits per heavy atom. The molecule has 11 rings (SSSR count). The summed E-state index contributed by atoms with van der Waals surface area (Å²) in [5.74, 6) is 0. The molecule has 2 aromatic heterocycles. The van der Waals surface area contributed by atoms with E-state index in [0.29, 0.717) is 0 Å². The van der Waals surface area contributed by atoms with Crippen molar-refractivity contribution in [3.05, 3.63) is 194 Å². The zero-order chi connectivity index (χ0) is 35.6. The first kappa shape index (κ1) is 30.3. The van der Waals surface area contributed by atoms with E-state index in [9.17, 15) is 0 Å². The van der Waals surface area contributed by atoms with Crippen LogP contribution in [0.1, 0.15) is 0 Å². The highest BCUT2D eigenvalue weighted by atomic mass is 16.3. The highest BCUT2D eigenvalue weighted by Crippen LogP contribution is 2.47. The molecule has 54 heavy (non-hydrogen) atoms. The molecule has 0 atom stereocenters. The van der Waals surface area contributed by atoms with Gasteiger partial charge in [0.25, 0.3) is 0 Å². The van der Waals surface area contributed by atoms with Gasteiger partial charge in [-0.2, -0.15) is 0 Å². The molecule has 0 unspecified atom stereocenters. The molecule has 0 bridgehead atoms. The van der Waals surface area contributed by atoms with E-state index in [1.807, 2.05) is 12.1 Å². The van der Waals surface area contributed by atoms with E-state index in [1.54, 1.807) is 0 Å². The van der Waals surface area contributed by atoms with Crippen molar-refractivity contribution in [1.82, 2.24) is 0 Å². The lowest BCUT2D eigenvalue weighted by Gasteiger charge is -2.28. The van der Waals surface area contributed by atoms with Gasteiger partial charge in [-0.25, -0.2) is 0 Å². The Hall–Kier alpha value is -7.30. The van der Waals surface area contributed by atoms with E-state index in [-0.39, 0.29) is 0 Å². The molecule has 4 heteroatoms. The van der Waals surface area contributed by atoms with Gasteiger partial charge >= 0.3 is 0 Å². The predicted molar refractivity (Wildman–Crippen MR) is 225 cm³/mol. The number of para-hydroxylation sites is 2. The summed E-state index contributed by atoms with van der Waals surface area (Å²) < 4.78 is 13.1. The molecule has 0 amide bonds. The molecule has 0 aliphatic heterocycles. The highest BCUT2D eigenvalue weighted by Gasteiger charge is 2.23. The summed E-state index contributed by atoms with van der Waals surface area (Å²) in [5, 5.41) is 8.99. The van der Waals surface area contributed by atoms with E-state index >= 15 is 0 Å². The summed E-state index contributed by atoms with van der Waals surface area (Å²) >= 11 is 0. The lowest BCUT2D eigenvalue weighted by molar-refractivity contribution is 0.669. The van der Waals surface area contributed by atoms with E-state index in [2.05, 4.69) is 192 Å². The zero-order valence-corrected chi connectivity index (χ0v) is 29.2. The maximum atomic E-state index is 6.67. The molecule has 0 N–H and O–H groups in total. The summed E-state index contributed by atoms with van der Waals surface area (Å²) in [6.07, 6.45) is 0. The molecule has 0 fully saturated rings. The minimum absolute atomic E-state index is 0.825. The van der Waals surface area contributed by atoms with E-state index < -0.39 is 0 Å². The molecule has 254 valence electrons. The van der Waals surface area contributed by atoms with Crippen LogP contribution in [0.2, 0.25) is 0 Å². The van der Waals surface area contributed by atoms with Gasteiger partial charge in [0.2, 0.25) is 0 Å². The smallest absolute Gasteiger partial charge is 0.137 e. The Kier molecular flexibility index (Phi) is 6.82. The molecule has 0 saturated carbocycles. The van der Waals surface area contributed by atoms with Crippen LogP contribution in [-0.2, 0) is 0 Å². The summed E-state index contributed by atoms with van der Waals surface area (Å²) in [4.78, 5) is 4.71. The molecule has 0 aliphatic carbocycles. The van der Waals surface area contributed by atoms with Gasteiger partial charge < -0.3 is 18.6 Å².